The van der Waals surface area contributed by atoms with E-state index in [1.54, 1.807) is 13.2 Å². The summed E-state index contributed by atoms with van der Waals surface area (Å²) < 4.78 is 18.6. The second kappa shape index (κ2) is 5.61. The van der Waals surface area contributed by atoms with E-state index in [0.717, 1.165) is 11.3 Å². The van der Waals surface area contributed by atoms with Crippen molar-refractivity contribution in [2.24, 2.45) is 0 Å². The minimum atomic E-state index is -0.641. The molecule has 4 heteroatoms. The van der Waals surface area contributed by atoms with Crippen LogP contribution in [0.4, 0.5) is 10.1 Å². The van der Waals surface area contributed by atoms with E-state index < -0.39 is 5.82 Å². The summed E-state index contributed by atoms with van der Waals surface area (Å²) in [6, 6.07) is 11.8. The van der Waals surface area contributed by atoms with E-state index in [1.165, 1.54) is 12.1 Å². The molecule has 2 aromatic carbocycles. The maximum atomic E-state index is 13.3. The molecule has 0 fully saturated rings. The minimum absolute atomic E-state index is 0.0416. The van der Waals surface area contributed by atoms with Crippen LogP contribution in [0.15, 0.2) is 42.5 Å². The topological polar surface area (TPSA) is 41.5 Å². The monoisotopic (exact) mass is 261 g/mol. The number of para-hydroxylation sites is 1. The van der Waals surface area contributed by atoms with Crippen LogP contribution in [0.3, 0.4) is 0 Å². The standard InChI is InChI=1S/C15H16FNO2/c1-10(12-5-3-4-6-15(12)19-2)17-11-7-8-14(18)13(16)9-11/h3-10,17-18H,1-2H3. The Kier molecular flexibility index (Phi) is 3.90. The van der Waals surface area contributed by atoms with Crippen molar-refractivity contribution in [3.63, 3.8) is 0 Å². The van der Waals surface area contributed by atoms with Crippen LogP contribution in [0.2, 0.25) is 0 Å². The molecule has 0 aliphatic carbocycles. The van der Waals surface area contributed by atoms with E-state index in [1.807, 2.05) is 31.2 Å². The maximum Gasteiger partial charge on any atom is 0.166 e. The molecule has 2 rings (SSSR count). The van der Waals surface area contributed by atoms with Gasteiger partial charge in [0.05, 0.1) is 13.2 Å². The summed E-state index contributed by atoms with van der Waals surface area (Å²) in [7, 11) is 1.62. The molecule has 2 N–H and O–H groups in total. The zero-order valence-electron chi connectivity index (χ0n) is 10.9. The molecule has 2 aromatic rings. The molecular weight excluding hydrogens is 245 g/mol. The van der Waals surface area contributed by atoms with Crippen LogP contribution in [-0.2, 0) is 0 Å². The Hall–Kier alpha value is -2.23. The SMILES string of the molecule is COc1ccccc1C(C)Nc1ccc(O)c(F)c1. The lowest BCUT2D eigenvalue weighted by Crippen LogP contribution is -2.08. The number of phenolic OH excluding ortho intramolecular Hbond substituents is 1. The molecule has 0 aliphatic rings. The summed E-state index contributed by atoms with van der Waals surface area (Å²) in [4.78, 5) is 0. The van der Waals surface area contributed by atoms with Gasteiger partial charge in [-0.1, -0.05) is 18.2 Å². The Bertz CT molecular complexity index is 572. The minimum Gasteiger partial charge on any atom is -0.505 e. The number of ether oxygens (including phenoxy) is 1. The first-order chi connectivity index (χ1) is 9.11. The van der Waals surface area contributed by atoms with Crippen molar-refractivity contribution in [1.82, 2.24) is 0 Å². The van der Waals surface area contributed by atoms with Crippen LogP contribution < -0.4 is 10.1 Å². The highest BCUT2D eigenvalue weighted by Crippen LogP contribution is 2.28. The maximum absolute atomic E-state index is 13.3. The lowest BCUT2D eigenvalue weighted by molar-refractivity contribution is 0.408. The number of phenols is 1. The Labute approximate surface area is 111 Å². The van der Waals surface area contributed by atoms with E-state index in [-0.39, 0.29) is 11.8 Å². The first-order valence-electron chi connectivity index (χ1n) is 6.00. The predicted octanol–water partition coefficient (Wildman–Crippen LogP) is 3.71. The molecule has 0 bridgehead atoms. The fourth-order valence-electron chi connectivity index (χ4n) is 1.95. The van der Waals surface area contributed by atoms with Gasteiger partial charge in [-0.15, -0.1) is 0 Å². The largest absolute Gasteiger partial charge is 0.505 e. The van der Waals surface area contributed by atoms with Gasteiger partial charge in [-0.3, -0.25) is 0 Å². The molecule has 0 spiro atoms. The van der Waals surface area contributed by atoms with Crippen LogP contribution in [-0.4, -0.2) is 12.2 Å². The van der Waals surface area contributed by atoms with Gasteiger partial charge in [-0.25, -0.2) is 4.39 Å². The molecule has 0 aliphatic heterocycles. The third-order valence-electron chi connectivity index (χ3n) is 2.94. The molecule has 0 amide bonds. The predicted molar refractivity (Wildman–Crippen MR) is 73.1 cm³/mol. The van der Waals surface area contributed by atoms with Gasteiger partial charge in [0.1, 0.15) is 5.75 Å². The summed E-state index contributed by atoms with van der Waals surface area (Å²) in [5, 5.41) is 12.3. The highest BCUT2D eigenvalue weighted by molar-refractivity contribution is 5.50. The molecule has 0 heterocycles. The lowest BCUT2D eigenvalue weighted by Gasteiger charge is -2.18. The number of methoxy groups -OCH3 is 1. The summed E-state index contributed by atoms with van der Waals surface area (Å²) in [5.74, 6) is -0.213. The Balaban J connectivity index is 2.20. The van der Waals surface area contributed by atoms with Crippen LogP contribution in [0.25, 0.3) is 0 Å². The molecule has 0 saturated carbocycles. The fraction of sp³-hybridized carbons (Fsp3) is 0.200. The molecule has 0 aromatic heterocycles. The number of anilines is 1. The zero-order valence-corrected chi connectivity index (χ0v) is 10.9. The number of rotatable bonds is 4. The summed E-state index contributed by atoms with van der Waals surface area (Å²) in [6.45, 7) is 1.96. The van der Waals surface area contributed by atoms with Gasteiger partial charge in [0.2, 0.25) is 0 Å². The quantitative estimate of drug-likeness (QED) is 0.824. The summed E-state index contributed by atoms with van der Waals surface area (Å²) in [5.41, 5.74) is 1.59. The van der Waals surface area contributed by atoms with Gasteiger partial charge in [-0.05, 0) is 25.1 Å². The van der Waals surface area contributed by atoms with Gasteiger partial charge in [0.15, 0.2) is 11.6 Å². The first-order valence-corrected chi connectivity index (χ1v) is 6.00. The fourth-order valence-corrected chi connectivity index (χ4v) is 1.95. The van der Waals surface area contributed by atoms with Crippen molar-refractivity contribution in [2.75, 3.05) is 12.4 Å². The smallest absolute Gasteiger partial charge is 0.166 e. The van der Waals surface area contributed by atoms with E-state index in [2.05, 4.69) is 5.32 Å². The highest BCUT2D eigenvalue weighted by Gasteiger charge is 2.11. The van der Waals surface area contributed by atoms with E-state index in [9.17, 15) is 4.39 Å². The summed E-state index contributed by atoms with van der Waals surface area (Å²) >= 11 is 0. The van der Waals surface area contributed by atoms with Crippen LogP contribution in [0.1, 0.15) is 18.5 Å². The third-order valence-corrected chi connectivity index (χ3v) is 2.94. The van der Waals surface area contributed by atoms with E-state index in [0.29, 0.717) is 5.69 Å². The average Bonchev–Trinajstić information content (AvgIpc) is 2.43. The van der Waals surface area contributed by atoms with E-state index in [4.69, 9.17) is 9.84 Å². The molecule has 0 saturated heterocycles. The number of hydrogen-bond acceptors (Lipinski definition) is 3. The summed E-state index contributed by atoms with van der Waals surface area (Å²) in [6.07, 6.45) is 0. The van der Waals surface area contributed by atoms with Crippen LogP contribution >= 0.6 is 0 Å². The van der Waals surface area contributed by atoms with Crippen LogP contribution in [0, 0.1) is 5.82 Å². The third kappa shape index (κ3) is 2.96. The molecule has 0 radical (unpaired) electrons. The second-order valence-corrected chi connectivity index (χ2v) is 4.27. The molecule has 1 unspecified atom stereocenters. The number of hydrogen-bond donors (Lipinski definition) is 2. The number of benzene rings is 2. The van der Waals surface area contributed by atoms with Gasteiger partial charge in [0, 0.05) is 17.3 Å². The van der Waals surface area contributed by atoms with Gasteiger partial charge in [-0.2, -0.15) is 0 Å². The Morgan fingerprint density at radius 2 is 1.95 bits per heavy atom. The zero-order chi connectivity index (χ0) is 13.8. The number of aromatic hydroxyl groups is 1. The number of halogens is 1. The van der Waals surface area contributed by atoms with Gasteiger partial charge >= 0.3 is 0 Å². The van der Waals surface area contributed by atoms with Crippen molar-refractivity contribution in [2.45, 2.75) is 13.0 Å². The van der Waals surface area contributed by atoms with E-state index >= 15 is 0 Å². The molecular formula is C15H16FNO2. The van der Waals surface area contributed by atoms with Crippen molar-refractivity contribution < 1.29 is 14.2 Å². The van der Waals surface area contributed by atoms with Crippen molar-refractivity contribution in [3.05, 3.63) is 53.8 Å². The molecule has 1 atom stereocenters. The lowest BCUT2D eigenvalue weighted by atomic mass is 10.1. The Morgan fingerprint density at radius 3 is 2.63 bits per heavy atom. The normalized spacial score (nSPS) is 11.9. The molecule has 3 nitrogen and oxygen atoms in total. The van der Waals surface area contributed by atoms with Crippen LogP contribution in [0.5, 0.6) is 11.5 Å². The molecule has 100 valence electrons. The second-order valence-electron chi connectivity index (χ2n) is 4.27. The Morgan fingerprint density at radius 1 is 1.21 bits per heavy atom. The van der Waals surface area contributed by atoms with Crippen molar-refractivity contribution >= 4 is 5.69 Å². The van der Waals surface area contributed by atoms with Crippen molar-refractivity contribution in [1.29, 1.82) is 0 Å². The average molecular weight is 261 g/mol. The van der Waals surface area contributed by atoms with Crippen molar-refractivity contribution in [3.8, 4) is 11.5 Å². The first kappa shape index (κ1) is 13.2. The van der Waals surface area contributed by atoms with Gasteiger partial charge < -0.3 is 15.2 Å². The highest BCUT2D eigenvalue weighted by atomic mass is 19.1. The molecule has 19 heavy (non-hydrogen) atoms. The number of nitrogens with one attached hydrogen (secondary N) is 1. The van der Waals surface area contributed by atoms with Gasteiger partial charge in [0.25, 0.3) is 0 Å².